The van der Waals surface area contributed by atoms with Crippen molar-refractivity contribution in [2.24, 2.45) is 0 Å². The molecular formula is C21H22N4O3S. The van der Waals surface area contributed by atoms with E-state index in [1.165, 1.54) is 18.4 Å². The largest absolute Gasteiger partial charge is 0.468 e. The third-order valence-electron chi connectivity index (χ3n) is 5.11. The van der Waals surface area contributed by atoms with E-state index in [0.29, 0.717) is 23.7 Å². The van der Waals surface area contributed by atoms with Crippen molar-refractivity contribution in [2.45, 2.75) is 32.2 Å². The van der Waals surface area contributed by atoms with Crippen LogP contribution in [0.4, 0.5) is 5.13 Å². The van der Waals surface area contributed by atoms with Gasteiger partial charge in [0.2, 0.25) is 0 Å². The second-order valence-electron chi connectivity index (χ2n) is 7.28. The SMILES string of the molecule is COC(=O)C1CC(c2csc(NC(=O)c3cc(C)nc4ccc(C)cc34)n2)CN1. The summed E-state index contributed by atoms with van der Waals surface area (Å²) in [4.78, 5) is 33.7. The van der Waals surface area contributed by atoms with Gasteiger partial charge in [-0.05, 0) is 38.5 Å². The third-order valence-corrected chi connectivity index (χ3v) is 5.89. The molecule has 0 saturated carbocycles. The fraction of sp³-hybridized carbons (Fsp3) is 0.333. The van der Waals surface area contributed by atoms with Gasteiger partial charge in [0.25, 0.3) is 5.91 Å². The summed E-state index contributed by atoms with van der Waals surface area (Å²) in [5, 5.41) is 9.37. The van der Waals surface area contributed by atoms with Gasteiger partial charge >= 0.3 is 5.97 Å². The molecule has 1 aliphatic rings. The van der Waals surface area contributed by atoms with Crippen LogP contribution >= 0.6 is 11.3 Å². The average Bonchev–Trinajstić information content (AvgIpc) is 3.36. The third kappa shape index (κ3) is 3.99. The van der Waals surface area contributed by atoms with Gasteiger partial charge in [0.05, 0.1) is 23.9 Å². The molecule has 2 atom stereocenters. The van der Waals surface area contributed by atoms with Crippen LogP contribution in [0.1, 0.15) is 39.6 Å². The zero-order valence-corrected chi connectivity index (χ0v) is 17.3. The van der Waals surface area contributed by atoms with E-state index in [0.717, 1.165) is 27.9 Å². The Morgan fingerprint density at radius 3 is 2.86 bits per heavy atom. The number of nitrogens with zero attached hydrogens (tertiary/aromatic N) is 2. The molecule has 2 N–H and O–H groups in total. The Labute approximate surface area is 172 Å². The molecule has 150 valence electrons. The van der Waals surface area contributed by atoms with Crippen molar-refractivity contribution < 1.29 is 14.3 Å². The number of amides is 1. The van der Waals surface area contributed by atoms with Gasteiger partial charge in [-0.15, -0.1) is 11.3 Å². The molecule has 2 aromatic heterocycles. The zero-order valence-electron chi connectivity index (χ0n) is 16.5. The maximum atomic E-state index is 13.0. The summed E-state index contributed by atoms with van der Waals surface area (Å²) in [6.45, 7) is 4.53. The number of carbonyl (C=O) groups excluding carboxylic acids is 2. The number of rotatable bonds is 4. The number of pyridine rings is 1. The van der Waals surface area contributed by atoms with Crippen LogP contribution in [0.15, 0.2) is 29.6 Å². The first kappa shape index (κ1) is 19.5. The maximum Gasteiger partial charge on any atom is 0.322 e. The predicted octanol–water partition coefficient (Wildman–Crippen LogP) is 3.18. The molecule has 2 unspecified atom stereocenters. The number of anilines is 1. The molecule has 1 aliphatic heterocycles. The standard InChI is InChI=1S/C21H22N4O3S/c1-11-4-5-16-14(6-11)15(7-12(2)23-16)19(26)25-21-24-18(10-29-21)13-8-17(22-9-13)20(27)28-3/h4-7,10,13,17,22H,8-9H2,1-3H3,(H,24,25,26). The van der Waals surface area contributed by atoms with Crippen LogP contribution in [-0.4, -0.2) is 41.5 Å². The van der Waals surface area contributed by atoms with Crippen molar-refractivity contribution in [3.05, 3.63) is 52.2 Å². The molecule has 3 heterocycles. The lowest BCUT2D eigenvalue weighted by molar-refractivity contribution is -0.142. The highest BCUT2D eigenvalue weighted by Crippen LogP contribution is 2.29. The first-order valence-electron chi connectivity index (χ1n) is 9.40. The second-order valence-corrected chi connectivity index (χ2v) is 8.14. The fourth-order valence-corrected chi connectivity index (χ4v) is 4.43. The highest BCUT2D eigenvalue weighted by Gasteiger charge is 2.32. The van der Waals surface area contributed by atoms with E-state index in [9.17, 15) is 9.59 Å². The van der Waals surface area contributed by atoms with E-state index in [1.807, 2.05) is 37.4 Å². The highest BCUT2D eigenvalue weighted by atomic mass is 32.1. The molecule has 1 fully saturated rings. The molecule has 0 radical (unpaired) electrons. The average molecular weight is 410 g/mol. The van der Waals surface area contributed by atoms with Crippen LogP contribution in [0, 0.1) is 13.8 Å². The molecule has 7 nitrogen and oxygen atoms in total. The first-order valence-corrected chi connectivity index (χ1v) is 10.3. The number of hydrogen-bond acceptors (Lipinski definition) is 7. The smallest absolute Gasteiger partial charge is 0.322 e. The summed E-state index contributed by atoms with van der Waals surface area (Å²) < 4.78 is 4.80. The van der Waals surface area contributed by atoms with Crippen molar-refractivity contribution in [1.82, 2.24) is 15.3 Å². The number of fused-ring (bicyclic) bond motifs is 1. The number of aromatic nitrogens is 2. The number of ether oxygens (including phenoxy) is 1. The summed E-state index contributed by atoms with van der Waals surface area (Å²) in [7, 11) is 1.39. The Hall–Kier alpha value is -2.84. The molecular weight excluding hydrogens is 388 g/mol. The number of aryl methyl sites for hydroxylation is 2. The van der Waals surface area contributed by atoms with Gasteiger partial charge in [-0.2, -0.15) is 0 Å². The molecule has 8 heteroatoms. The van der Waals surface area contributed by atoms with Crippen molar-refractivity contribution >= 4 is 39.2 Å². The van der Waals surface area contributed by atoms with Crippen LogP contribution in [-0.2, 0) is 9.53 Å². The van der Waals surface area contributed by atoms with Crippen molar-refractivity contribution in [2.75, 3.05) is 19.0 Å². The minimum atomic E-state index is -0.306. The molecule has 1 amide bonds. The number of carbonyl (C=O) groups is 2. The Morgan fingerprint density at radius 1 is 1.24 bits per heavy atom. The molecule has 1 saturated heterocycles. The Balaban J connectivity index is 1.53. The number of methoxy groups -OCH3 is 1. The van der Waals surface area contributed by atoms with Crippen LogP contribution in [0.2, 0.25) is 0 Å². The number of thiazole rings is 1. The monoisotopic (exact) mass is 410 g/mol. The summed E-state index contributed by atoms with van der Waals surface area (Å²) in [6.07, 6.45) is 0.636. The van der Waals surface area contributed by atoms with Gasteiger partial charge in [0.15, 0.2) is 5.13 Å². The number of nitrogens with one attached hydrogen (secondary N) is 2. The Morgan fingerprint density at radius 2 is 2.07 bits per heavy atom. The molecule has 3 aromatic rings. The number of hydrogen-bond donors (Lipinski definition) is 2. The van der Waals surface area contributed by atoms with E-state index in [-0.39, 0.29) is 23.8 Å². The fourth-order valence-electron chi connectivity index (χ4n) is 3.64. The predicted molar refractivity (Wildman–Crippen MR) is 112 cm³/mol. The van der Waals surface area contributed by atoms with E-state index in [4.69, 9.17) is 4.74 Å². The minimum Gasteiger partial charge on any atom is -0.468 e. The zero-order chi connectivity index (χ0) is 20.5. The molecule has 0 bridgehead atoms. The van der Waals surface area contributed by atoms with E-state index >= 15 is 0 Å². The molecule has 0 spiro atoms. The lowest BCUT2D eigenvalue weighted by atomic mass is 10.0. The lowest BCUT2D eigenvalue weighted by Crippen LogP contribution is -2.31. The first-order chi connectivity index (χ1) is 13.9. The normalized spacial score (nSPS) is 18.7. The summed E-state index contributed by atoms with van der Waals surface area (Å²) in [5.41, 5.74) is 4.11. The quantitative estimate of drug-likeness (QED) is 0.642. The molecule has 29 heavy (non-hydrogen) atoms. The number of esters is 1. The van der Waals surface area contributed by atoms with Crippen LogP contribution in [0.3, 0.4) is 0 Å². The van der Waals surface area contributed by atoms with Crippen molar-refractivity contribution in [3.8, 4) is 0 Å². The van der Waals surface area contributed by atoms with Gasteiger partial charge in [0, 0.05) is 28.9 Å². The van der Waals surface area contributed by atoms with Crippen molar-refractivity contribution in [1.29, 1.82) is 0 Å². The highest BCUT2D eigenvalue weighted by molar-refractivity contribution is 7.14. The van der Waals surface area contributed by atoms with Crippen molar-refractivity contribution in [3.63, 3.8) is 0 Å². The summed E-state index contributed by atoms with van der Waals surface area (Å²) in [5.74, 6) is -0.344. The lowest BCUT2D eigenvalue weighted by Gasteiger charge is -2.09. The molecule has 4 rings (SSSR count). The van der Waals surface area contributed by atoms with Gasteiger partial charge in [-0.3, -0.25) is 19.9 Å². The van der Waals surface area contributed by atoms with E-state index in [1.54, 1.807) is 6.07 Å². The maximum absolute atomic E-state index is 13.0. The topological polar surface area (TPSA) is 93.2 Å². The Bertz CT molecular complexity index is 1090. The van der Waals surface area contributed by atoms with E-state index in [2.05, 4.69) is 20.6 Å². The summed E-state index contributed by atoms with van der Waals surface area (Å²) in [6, 6.07) is 7.38. The van der Waals surface area contributed by atoms with Gasteiger partial charge in [-0.1, -0.05) is 11.6 Å². The van der Waals surface area contributed by atoms with Gasteiger partial charge in [0.1, 0.15) is 6.04 Å². The molecule has 1 aromatic carbocycles. The minimum absolute atomic E-state index is 0.118. The summed E-state index contributed by atoms with van der Waals surface area (Å²) >= 11 is 1.38. The van der Waals surface area contributed by atoms with Gasteiger partial charge in [-0.25, -0.2) is 4.98 Å². The van der Waals surface area contributed by atoms with Crippen LogP contribution in [0.5, 0.6) is 0 Å². The van der Waals surface area contributed by atoms with E-state index < -0.39 is 0 Å². The number of benzene rings is 1. The van der Waals surface area contributed by atoms with Gasteiger partial charge < -0.3 is 10.1 Å². The second kappa shape index (κ2) is 7.88. The molecule has 0 aliphatic carbocycles. The van der Waals surface area contributed by atoms with Crippen LogP contribution in [0.25, 0.3) is 10.9 Å². The Kier molecular flexibility index (Phi) is 5.29. The van der Waals surface area contributed by atoms with Crippen LogP contribution < -0.4 is 10.6 Å².